The fourth-order valence-corrected chi connectivity index (χ4v) is 5.19. The number of nitrogens with zero attached hydrogens (tertiary/aromatic N) is 1. The number of carbonyl (C=O) groups excluding carboxylic acids is 2. The molecule has 7 heteroatoms. The van der Waals surface area contributed by atoms with Gasteiger partial charge in [0.1, 0.15) is 5.78 Å². The van der Waals surface area contributed by atoms with Gasteiger partial charge >= 0.3 is 5.97 Å². The van der Waals surface area contributed by atoms with Crippen LogP contribution in [-0.4, -0.2) is 24.1 Å². The molecular weight excluding hydrogens is 369 g/mol. The van der Waals surface area contributed by atoms with Crippen molar-refractivity contribution in [3.8, 4) is 0 Å². The molecule has 1 fully saturated rings. The molecule has 0 aromatic carbocycles. The van der Waals surface area contributed by atoms with Crippen LogP contribution in [-0.2, 0) is 14.3 Å². The van der Waals surface area contributed by atoms with E-state index in [0.29, 0.717) is 27.0 Å². The Morgan fingerprint density at radius 2 is 2.12 bits per heavy atom. The van der Waals surface area contributed by atoms with Crippen molar-refractivity contribution in [2.75, 3.05) is 6.61 Å². The van der Waals surface area contributed by atoms with Crippen LogP contribution in [0.2, 0.25) is 9.36 Å². The van der Waals surface area contributed by atoms with Crippen molar-refractivity contribution in [2.24, 2.45) is 10.9 Å². The number of thiophene rings is 1. The lowest BCUT2D eigenvalue weighted by atomic mass is 9.71. The van der Waals surface area contributed by atoms with Crippen molar-refractivity contribution in [3.05, 3.63) is 31.6 Å². The van der Waals surface area contributed by atoms with Gasteiger partial charge in [0.25, 0.3) is 0 Å². The summed E-state index contributed by atoms with van der Waals surface area (Å²) in [6.45, 7) is 3.79. The van der Waals surface area contributed by atoms with E-state index in [-0.39, 0.29) is 12.4 Å². The molecule has 0 bridgehead atoms. The highest BCUT2D eigenvalue weighted by molar-refractivity contribution is 7.16. The predicted molar refractivity (Wildman–Crippen MR) is 96.2 cm³/mol. The highest BCUT2D eigenvalue weighted by Gasteiger charge is 2.45. The summed E-state index contributed by atoms with van der Waals surface area (Å²) in [6.07, 6.45) is 2.05. The quantitative estimate of drug-likeness (QED) is 0.702. The first-order valence-electron chi connectivity index (χ1n) is 7.86. The summed E-state index contributed by atoms with van der Waals surface area (Å²) in [5.41, 5.74) is 1.85. The SMILES string of the molecule is CCOC(=O)C1=C(C)N=C2CCCC(=O)[C@@H]2[C@@H]1c1sc(Cl)cc1Cl. The third-order valence-electron chi connectivity index (χ3n) is 4.37. The Bertz CT molecular complexity index is 766. The first kappa shape index (κ1) is 17.6. The molecule has 0 unspecified atom stereocenters. The highest BCUT2D eigenvalue weighted by atomic mass is 35.5. The number of allylic oxidation sites excluding steroid dienone is 1. The molecule has 2 aliphatic rings. The second-order valence-electron chi connectivity index (χ2n) is 5.86. The van der Waals surface area contributed by atoms with Crippen molar-refractivity contribution in [1.82, 2.24) is 0 Å². The maximum Gasteiger partial charge on any atom is 0.336 e. The average molecular weight is 386 g/mol. The average Bonchev–Trinajstić information content (AvgIpc) is 2.84. The minimum absolute atomic E-state index is 0.0971. The van der Waals surface area contributed by atoms with Gasteiger partial charge in [0.15, 0.2) is 0 Å². The Labute approximate surface area is 154 Å². The van der Waals surface area contributed by atoms with Gasteiger partial charge in [-0.3, -0.25) is 9.79 Å². The third-order valence-corrected chi connectivity index (χ3v) is 6.14. The number of fused-ring (bicyclic) bond motifs is 1. The normalized spacial score (nSPS) is 23.8. The van der Waals surface area contributed by atoms with Crippen LogP contribution < -0.4 is 0 Å². The summed E-state index contributed by atoms with van der Waals surface area (Å²) >= 11 is 13.8. The van der Waals surface area contributed by atoms with Crippen molar-refractivity contribution < 1.29 is 14.3 Å². The fourth-order valence-electron chi connectivity index (χ4n) is 3.44. The van der Waals surface area contributed by atoms with E-state index in [1.165, 1.54) is 11.3 Å². The first-order chi connectivity index (χ1) is 11.4. The van der Waals surface area contributed by atoms with E-state index >= 15 is 0 Å². The van der Waals surface area contributed by atoms with Gasteiger partial charge in [-0.1, -0.05) is 23.2 Å². The van der Waals surface area contributed by atoms with E-state index in [4.69, 9.17) is 27.9 Å². The number of halogens is 2. The summed E-state index contributed by atoms with van der Waals surface area (Å²) in [5, 5.41) is 0.476. The number of hydrogen-bond donors (Lipinski definition) is 0. The third kappa shape index (κ3) is 3.05. The number of rotatable bonds is 3. The van der Waals surface area contributed by atoms with Crippen LogP contribution in [0.5, 0.6) is 0 Å². The fraction of sp³-hybridized carbons (Fsp3) is 0.471. The van der Waals surface area contributed by atoms with E-state index in [1.807, 2.05) is 0 Å². The van der Waals surface area contributed by atoms with Gasteiger partial charge in [0, 0.05) is 28.6 Å². The molecule has 1 saturated carbocycles. The maximum absolute atomic E-state index is 12.6. The predicted octanol–water partition coefficient (Wildman–Crippen LogP) is 4.80. The maximum atomic E-state index is 12.6. The molecule has 1 aliphatic heterocycles. The van der Waals surface area contributed by atoms with Crippen LogP contribution in [0.1, 0.15) is 43.9 Å². The Hall–Kier alpha value is -1.17. The van der Waals surface area contributed by atoms with Crippen LogP contribution in [0.15, 0.2) is 22.3 Å². The monoisotopic (exact) mass is 385 g/mol. The van der Waals surface area contributed by atoms with Gasteiger partial charge in [-0.25, -0.2) is 4.79 Å². The van der Waals surface area contributed by atoms with Crippen LogP contribution in [0.25, 0.3) is 0 Å². The Kier molecular flexibility index (Phi) is 5.13. The Morgan fingerprint density at radius 3 is 2.75 bits per heavy atom. The number of ketones is 1. The number of hydrogen-bond acceptors (Lipinski definition) is 5. The highest BCUT2D eigenvalue weighted by Crippen LogP contribution is 2.48. The summed E-state index contributed by atoms with van der Waals surface area (Å²) in [7, 11) is 0. The number of ether oxygens (including phenoxy) is 1. The van der Waals surface area contributed by atoms with E-state index in [1.54, 1.807) is 19.9 Å². The molecule has 0 radical (unpaired) electrons. The van der Waals surface area contributed by atoms with E-state index < -0.39 is 17.8 Å². The number of aliphatic imine (C=N–C) groups is 1. The van der Waals surface area contributed by atoms with Gasteiger partial charge in [-0.2, -0.15) is 0 Å². The number of carbonyl (C=O) groups is 2. The molecular formula is C17H17Cl2NO3S. The molecule has 0 N–H and O–H groups in total. The minimum Gasteiger partial charge on any atom is -0.463 e. The van der Waals surface area contributed by atoms with Gasteiger partial charge < -0.3 is 4.74 Å². The molecule has 3 rings (SSSR count). The zero-order chi connectivity index (χ0) is 17.4. The van der Waals surface area contributed by atoms with Crippen molar-refractivity contribution in [1.29, 1.82) is 0 Å². The van der Waals surface area contributed by atoms with Crippen molar-refractivity contribution >= 4 is 52.0 Å². The molecule has 2 atom stereocenters. The molecule has 1 aliphatic carbocycles. The Morgan fingerprint density at radius 1 is 1.38 bits per heavy atom. The topological polar surface area (TPSA) is 55.7 Å². The second-order valence-corrected chi connectivity index (χ2v) is 7.98. The molecule has 0 spiro atoms. The van der Waals surface area contributed by atoms with Crippen LogP contribution in [0.3, 0.4) is 0 Å². The number of Topliss-reactive ketones (excluding diaryl/α,β-unsaturated/α-hetero) is 1. The van der Waals surface area contributed by atoms with E-state index in [0.717, 1.165) is 23.4 Å². The zero-order valence-corrected chi connectivity index (χ0v) is 15.7. The summed E-state index contributed by atoms with van der Waals surface area (Å²) < 4.78 is 5.75. The lowest BCUT2D eigenvalue weighted by Gasteiger charge is -2.35. The zero-order valence-electron chi connectivity index (χ0n) is 13.4. The largest absolute Gasteiger partial charge is 0.463 e. The minimum atomic E-state index is -0.464. The van der Waals surface area contributed by atoms with Gasteiger partial charge in [-0.15, -0.1) is 11.3 Å². The van der Waals surface area contributed by atoms with Crippen LogP contribution in [0, 0.1) is 5.92 Å². The standard InChI is InChI=1S/C17H17Cl2NO3S/c1-3-23-17(22)13-8(2)20-10-5-4-6-11(21)14(10)15(13)16-9(18)7-12(19)24-16/h7,14-15H,3-6H2,1-2H3/t14-,15-/m1/s1. The lowest BCUT2D eigenvalue weighted by molar-refractivity contribution is -0.139. The number of esters is 1. The van der Waals surface area contributed by atoms with Gasteiger partial charge in [0.2, 0.25) is 0 Å². The van der Waals surface area contributed by atoms with Crippen LogP contribution >= 0.6 is 34.5 Å². The molecule has 4 nitrogen and oxygen atoms in total. The molecule has 128 valence electrons. The second kappa shape index (κ2) is 6.98. The van der Waals surface area contributed by atoms with Crippen molar-refractivity contribution in [3.63, 3.8) is 0 Å². The molecule has 1 aromatic heterocycles. The van der Waals surface area contributed by atoms with E-state index in [2.05, 4.69) is 4.99 Å². The molecule has 1 aromatic rings. The van der Waals surface area contributed by atoms with E-state index in [9.17, 15) is 9.59 Å². The molecule has 24 heavy (non-hydrogen) atoms. The smallest absolute Gasteiger partial charge is 0.336 e. The lowest BCUT2D eigenvalue weighted by Crippen LogP contribution is -2.38. The van der Waals surface area contributed by atoms with Crippen LogP contribution in [0.4, 0.5) is 0 Å². The summed E-state index contributed by atoms with van der Waals surface area (Å²) in [4.78, 5) is 30.5. The summed E-state index contributed by atoms with van der Waals surface area (Å²) in [6, 6.07) is 1.65. The summed E-state index contributed by atoms with van der Waals surface area (Å²) in [5.74, 6) is -1.26. The van der Waals surface area contributed by atoms with Gasteiger partial charge in [0.05, 0.1) is 27.5 Å². The molecule has 2 heterocycles. The van der Waals surface area contributed by atoms with Gasteiger partial charge in [-0.05, 0) is 32.8 Å². The molecule has 0 saturated heterocycles. The molecule has 0 amide bonds. The van der Waals surface area contributed by atoms with Crippen molar-refractivity contribution in [2.45, 2.75) is 39.0 Å². The first-order valence-corrected chi connectivity index (χ1v) is 9.44. The Balaban J connectivity index is 2.18.